The minimum atomic E-state index is -3.77. The van der Waals surface area contributed by atoms with Crippen LogP contribution in [0.3, 0.4) is 0 Å². The van der Waals surface area contributed by atoms with Gasteiger partial charge in [0.25, 0.3) is 10.0 Å². The number of aromatic nitrogens is 1. The van der Waals surface area contributed by atoms with Gasteiger partial charge in [0.2, 0.25) is 0 Å². The van der Waals surface area contributed by atoms with Crippen LogP contribution < -0.4 is 4.72 Å². The maximum absolute atomic E-state index is 12.6. The number of para-hydroxylation sites is 1. The molecule has 1 heterocycles. The number of nitrogens with one attached hydrogen (secondary N) is 1. The molecule has 2 aromatic carbocycles. The molecule has 2 N–H and O–H groups in total. The summed E-state index contributed by atoms with van der Waals surface area (Å²) in [7, 11) is 0.130. The number of hydrogen-bond donors (Lipinski definition) is 2. The highest BCUT2D eigenvalue weighted by atomic mass is 32.2. The van der Waals surface area contributed by atoms with Crippen molar-refractivity contribution in [2.24, 2.45) is 0 Å². The Balaban J connectivity index is 2.01. The number of rotatable bonds is 5. The van der Waals surface area contributed by atoms with Gasteiger partial charge in [-0.3, -0.25) is 4.72 Å². The van der Waals surface area contributed by atoms with Crippen LogP contribution in [0, 0.1) is 0 Å². The van der Waals surface area contributed by atoms with Crippen molar-refractivity contribution in [1.29, 1.82) is 0 Å². The van der Waals surface area contributed by atoms with Crippen molar-refractivity contribution in [1.82, 2.24) is 9.88 Å². The van der Waals surface area contributed by atoms with Gasteiger partial charge in [-0.05, 0) is 50.5 Å². The molecule has 3 aromatic rings. The molecule has 130 valence electrons. The SMILES string of the molecule is CN(C)Cc1ccc2cccc(NS(=O)(=O)c3ccc(O)cc3)c2n1. The monoisotopic (exact) mass is 357 g/mol. The molecule has 0 aliphatic heterocycles. The van der Waals surface area contributed by atoms with Gasteiger partial charge in [-0.1, -0.05) is 18.2 Å². The van der Waals surface area contributed by atoms with Gasteiger partial charge in [-0.2, -0.15) is 0 Å². The van der Waals surface area contributed by atoms with Crippen LogP contribution in [0.15, 0.2) is 59.5 Å². The zero-order valence-corrected chi connectivity index (χ0v) is 14.8. The molecule has 0 bridgehead atoms. The fourth-order valence-electron chi connectivity index (χ4n) is 2.51. The first-order chi connectivity index (χ1) is 11.8. The molecular weight excluding hydrogens is 338 g/mol. The topological polar surface area (TPSA) is 82.5 Å². The summed E-state index contributed by atoms with van der Waals surface area (Å²) < 4.78 is 27.8. The maximum Gasteiger partial charge on any atom is 0.261 e. The Bertz CT molecular complexity index is 1000. The second-order valence-electron chi connectivity index (χ2n) is 6.02. The smallest absolute Gasteiger partial charge is 0.261 e. The molecule has 6 nitrogen and oxygen atoms in total. The van der Waals surface area contributed by atoms with E-state index >= 15 is 0 Å². The molecule has 0 saturated carbocycles. The molecule has 0 saturated heterocycles. The lowest BCUT2D eigenvalue weighted by Crippen LogP contribution is -2.14. The lowest BCUT2D eigenvalue weighted by molar-refractivity contribution is 0.397. The van der Waals surface area contributed by atoms with Gasteiger partial charge in [0.1, 0.15) is 5.75 Å². The van der Waals surface area contributed by atoms with E-state index in [9.17, 15) is 13.5 Å². The van der Waals surface area contributed by atoms with Crippen LogP contribution in [0.25, 0.3) is 10.9 Å². The number of aromatic hydroxyl groups is 1. The van der Waals surface area contributed by atoms with E-state index < -0.39 is 10.0 Å². The van der Waals surface area contributed by atoms with Crippen LogP contribution in [0.1, 0.15) is 5.69 Å². The lowest BCUT2D eigenvalue weighted by atomic mass is 10.2. The van der Waals surface area contributed by atoms with Crippen LogP contribution in [-0.2, 0) is 16.6 Å². The van der Waals surface area contributed by atoms with Gasteiger partial charge in [-0.25, -0.2) is 13.4 Å². The van der Waals surface area contributed by atoms with E-state index in [4.69, 9.17) is 0 Å². The maximum atomic E-state index is 12.6. The van der Waals surface area contributed by atoms with Crippen molar-refractivity contribution >= 4 is 26.6 Å². The molecule has 25 heavy (non-hydrogen) atoms. The average molecular weight is 357 g/mol. The lowest BCUT2D eigenvalue weighted by Gasteiger charge is -2.13. The third kappa shape index (κ3) is 3.89. The third-order valence-corrected chi connectivity index (χ3v) is 5.03. The van der Waals surface area contributed by atoms with Crippen LogP contribution in [0.2, 0.25) is 0 Å². The quantitative estimate of drug-likeness (QED) is 0.734. The van der Waals surface area contributed by atoms with E-state index in [1.54, 1.807) is 12.1 Å². The summed E-state index contributed by atoms with van der Waals surface area (Å²) in [5.41, 5.74) is 1.88. The Kier molecular flexibility index (Phi) is 4.61. The van der Waals surface area contributed by atoms with Gasteiger partial charge in [0.15, 0.2) is 0 Å². The number of sulfonamides is 1. The first kappa shape index (κ1) is 17.2. The molecule has 1 aromatic heterocycles. The number of nitrogens with zero attached hydrogens (tertiary/aromatic N) is 2. The molecule has 0 radical (unpaired) electrons. The summed E-state index contributed by atoms with van der Waals surface area (Å²) in [5.74, 6) is 0.0131. The van der Waals surface area contributed by atoms with Crippen molar-refractivity contribution in [3.05, 3.63) is 60.3 Å². The highest BCUT2D eigenvalue weighted by Gasteiger charge is 2.16. The third-order valence-electron chi connectivity index (χ3n) is 3.65. The van der Waals surface area contributed by atoms with Gasteiger partial charge >= 0.3 is 0 Å². The number of fused-ring (bicyclic) bond motifs is 1. The standard InChI is InChI=1S/C18H19N3O3S/c1-21(2)12-14-7-6-13-4-3-5-17(18(13)19-14)20-25(23,24)16-10-8-15(22)9-11-16/h3-11,20,22H,12H2,1-2H3. The Labute approximate surface area is 146 Å². The van der Waals surface area contributed by atoms with Crippen LogP contribution >= 0.6 is 0 Å². The van der Waals surface area contributed by atoms with Gasteiger partial charge < -0.3 is 10.0 Å². The predicted molar refractivity (Wildman–Crippen MR) is 98.0 cm³/mol. The number of phenols is 1. The second-order valence-corrected chi connectivity index (χ2v) is 7.70. The molecule has 0 aliphatic rings. The minimum Gasteiger partial charge on any atom is -0.508 e. The summed E-state index contributed by atoms with van der Waals surface area (Å²) in [5, 5.41) is 10.2. The first-order valence-corrected chi connectivity index (χ1v) is 9.19. The largest absolute Gasteiger partial charge is 0.508 e. The molecule has 7 heteroatoms. The van der Waals surface area contributed by atoms with Crippen molar-refractivity contribution < 1.29 is 13.5 Å². The van der Waals surface area contributed by atoms with Crippen LogP contribution in [0.4, 0.5) is 5.69 Å². The average Bonchev–Trinajstić information content (AvgIpc) is 2.55. The minimum absolute atomic E-state index is 0.0131. The Morgan fingerprint density at radius 3 is 2.44 bits per heavy atom. The fourth-order valence-corrected chi connectivity index (χ4v) is 3.58. The molecule has 0 amide bonds. The first-order valence-electron chi connectivity index (χ1n) is 7.70. The van der Waals surface area contributed by atoms with E-state index in [1.165, 1.54) is 24.3 Å². The number of anilines is 1. The molecule has 0 spiro atoms. The van der Waals surface area contributed by atoms with E-state index in [-0.39, 0.29) is 10.6 Å². The summed E-state index contributed by atoms with van der Waals surface area (Å²) >= 11 is 0. The number of hydrogen-bond acceptors (Lipinski definition) is 5. The highest BCUT2D eigenvalue weighted by Crippen LogP contribution is 2.25. The molecule has 3 rings (SSSR count). The van der Waals surface area contributed by atoms with Crippen molar-refractivity contribution in [3.63, 3.8) is 0 Å². The fraction of sp³-hybridized carbons (Fsp3) is 0.167. The zero-order chi connectivity index (χ0) is 18.0. The molecule has 0 atom stereocenters. The van der Waals surface area contributed by atoms with Crippen LogP contribution in [0.5, 0.6) is 5.75 Å². The van der Waals surface area contributed by atoms with E-state index in [0.29, 0.717) is 17.7 Å². The Hall–Kier alpha value is -2.64. The van der Waals surface area contributed by atoms with Gasteiger partial charge in [-0.15, -0.1) is 0 Å². The molecule has 0 aliphatic carbocycles. The van der Waals surface area contributed by atoms with Crippen LogP contribution in [-0.4, -0.2) is 37.5 Å². The summed E-state index contributed by atoms with van der Waals surface area (Å²) in [6.45, 7) is 0.662. The number of pyridine rings is 1. The van der Waals surface area contributed by atoms with Crippen molar-refractivity contribution in [3.8, 4) is 5.75 Å². The summed E-state index contributed by atoms with van der Waals surface area (Å²) in [4.78, 5) is 6.67. The predicted octanol–water partition coefficient (Wildman–Crippen LogP) is 2.80. The number of phenolic OH excluding ortho intramolecular Hbond substituents is 1. The molecule has 0 unspecified atom stereocenters. The highest BCUT2D eigenvalue weighted by molar-refractivity contribution is 7.92. The Morgan fingerprint density at radius 1 is 1.04 bits per heavy atom. The van der Waals surface area contributed by atoms with E-state index in [0.717, 1.165) is 11.1 Å². The summed E-state index contributed by atoms with van der Waals surface area (Å²) in [6, 6.07) is 14.6. The summed E-state index contributed by atoms with van der Waals surface area (Å²) in [6.07, 6.45) is 0. The second kappa shape index (κ2) is 6.70. The number of benzene rings is 2. The van der Waals surface area contributed by atoms with Crippen molar-refractivity contribution in [2.75, 3.05) is 18.8 Å². The normalized spacial score (nSPS) is 11.8. The molecule has 0 fully saturated rings. The van der Waals surface area contributed by atoms with E-state index in [2.05, 4.69) is 9.71 Å². The van der Waals surface area contributed by atoms with Crippen molar-refractivity contribution in [2.45, 2.75) is 11.4 Å². The van der Waals surface area contributed by atoms with E-state index in [1.807, 2.05) is 37.2 Å². The zero-order valence-electron chi connectivity index (χ0n) is 14.0. The van der Waals surface area contributed by atoms with Gasteiger partial charge in [0, 0.05) is 11.9 Å². The molecular formula is C18H19N3O3S. The Morgan fingerprint density at radius 2 is 1.76 bits per heavy atom. The van der Waals surface area contributed by atoms with Gasteiger partial charge in [0.05, 0.1) is 21.8 Å².